The summed E-state index contributed by atoms with van der Waals surface area (Å²) in [6.07, 6.45) is 1.23. The number of methoxy groups -OCH3 is 1. The molecule has 8 heteroatoms. The second-order valence-corrected chi connectivity index (χ2v) is 5.87. The van der Waals surface area contributed by atoms with Gasteiger partial charge in [-0.2, -0.15) is 8.42 Å². The van der Waals surface area contributed by atoms with E-state index in [4.69, 9.17) is 4.74 Å². The van der Waals surface area contributed by atoms with Crippen LogP contribution in [0.5, 0.6) is 5.88 Å². The van der Waals surface area contributed by atoms with Gasteiger partial charge in [0.25, 0.3) is 0 Å². The molecule has 0 saturated carbocycles. The average Bonchev–Trinajstić information content (AvgIpc) is 2.72. The number of halogens is 1. The zero-order chi connectivity index (χ0) is 14.0. The summed E-state index contributed by atoms with van der Waals surface area (Å²) >= 11 is 0. The molecule has 0 spiro atoms. The van der Waals surface area contributed by atoms with Crippen molar-refractivity contribution in [3.63, 3.8) is 0 Å². The number of hydrogen-bond donors (Lipinski definition) is 0. The molecule has 0 aliphatic carbocycles. The Morgan fingerprint density at radius 1 is 1.58 bits per heavy atom. The van der Waals surface area contributed by atoms with Crippen LogP contribution in [0.1, 0.15) is 12.0 Å². The summed E-state index contributed by atoms with van der Waals surface area (Å²) in [6.45, 7) is 0.0115. The van der Waals surface area contributed by atoms with Gasteiger partial charge in [0.15, 0.2) is 0 Å². The van der Waals surface area contributed by atoms with Gasteiger partial charge in [0.1, 0.15) is 5.25 Å². The molecule has 1 aliphatic rings. The van der Waals surface area contributed by atoms with Crippen LogP contribution in [0.4, 0.5) is 3.89 Å². The minimum atomic E-state index is -4.69. The van der Waals surface area contributed by atoms with E-state index in [1.165, 1.54) is 12.0 Å². The lowest BCUT2D eigenvalue weighted by molar-refractivity contribution is -0.128. The second kappa shape index (κ2) is 5.12. The number of ether oxygens (including phenoxy) is 1. The average molecular weight is 288 g/mol. The Morgan fingerprint density at radius 2 is 2.32 bits per heavy atom. The topological polar surface area (TPSA) is 76.6 Å². The second-order valence-electron chi connectivity index (χ2n) is 4.25. The van der Waals surface area contributed by atoms with Crippen molar-refractivity contribution < 1.29 is 21.8 Å². The van der Waals surface area contributed by atoms with E-state index in [0.29, 0.717) is 11.4 Å². The maximum absolute atomic E-state index is 12.9. The molecule has 1 saturated heterocycles. The molecule has 0 aromatic carbocycles. The SMILES string of the molecule is COc1ncccc1CN1CC(S(=O)(=O)F)CC1=O. The molecule has 6 nitrogen and oxygen atoms in total. The number of nitrogens with zero attached hydrogens (tertiary/aromatic N) is 2. The van der Waals surface area contributed by atoms with E-state index in [1.54, 1.807) is 18.3 Å². The predicted molar refractivity (Wildman–Crippen MR) is 64.6 cm³/mol. The van der Waals surface area contributed by atoms with E-state index < -0.39 is 21.4 Å². The minimum Gasteiger partial charge on any atom is -0.481 e. The summed E-state index contributed by atoms with van der Waals surface area (Å²) in [7, 11) is -3.23. The minimum absolute atomic E-state index is 0.143. The molecule has 19 heavy (non-hydrogen) atoms. The Kier molecular flexibility index (Phi) is 3.70. The number of pyridine rings is 1. The van der Waals surface area contributed by atoms with Crippen LogP contribution in [-0.4, -0.2) is 43.1 Å². The Labute approximate surface area is 110 Å². The first-order valence-corrected chi connectivity index (χ1v) is 7.05. The van der Waals surface area contributed by atoms with E-state index in [0.717, 1.165) is 0 Å². The molecule has 1 aromatic rings. The fraction of sp³-hybridized carbons (Fsp3) is 0.455. The zero-order valence-corrected chi connectivity index (χ0v) is 11.1. The third-order valence-electron chi connectivity index (χ3n) is 2.98. The lowest BCUT2D eigenvalue weighted by atomic mass is 10.2. The van der Waals surface area contributed by atoms with Crippen LogP contribution in [0.3, 0.4) is 0 Å². The molecule has 2 rings (SSSR count). The van der Waals surface area contributed by atoms with Crippen LogP contribution in [0.2, 0.25) is 0 Å². The predicted octanol–water partition coefficient (Wildman–Crippen LogP) is 0.490. The molecule has 1 unspecified atom stereocenters. The van der Waals surface area contributed by atoms with Crippen molar-refractivity contribution in [1.29, 1.82) is 0 Å². The van der Waals surface area contributed by atoms with E-state index >= 15 is 0 Å². The van der Waals surface area contributed by atoms with Gasteiger partial charge in [0.05, 0.1) is 13.7 Å². The van der Waals surface area contributed by atoms with E-state index in [9.17, 15) is 17.1 Å². The van der Waals surface area contributed by atoms with Gasteiger partial charge in [-0.05, 0) is 6.07 Å². The highest BCUT2D eigenvalue weighted by Crippen LogP contribution is 2.24. The number of amides is 1. The normalized spacial score (nSPS) is 19.8. The van der Waals surface area contributed by atoms with E-state index in [2.05, 4.69) is 4.98 Å². The van der Waals surface area contributed by atoms with Gasteiger partial charge in [-0.25, -0.2) is 4.98 Å². The van der Waals surface area contributed by atoms with Crippen molar-refractivity contribution in [3.8, 4) is 5.88 Å². The Bertz CT molecular complexity index is 590. The maximum Gasteiger partial charge on any atom is 0.307 e. The molecular formula is C11H13FN2O4S. The number of rotatable bonds is 4. The van der Waals surface area contributed by atoms with Crippen molar-refractivity contribution in [1.82, 2.24) is 9.88 Å². The third-order valence-corrected chi connectivity index (χ3v) is 4.09. The van der Waals surface area contributed by atoms with Crippen molar-refractivity contribution in [2.45, 2.75) is 18.2 Å². The van der Waals surface area contributed by atoms with Gasteiger partial charge in [-0.3, -0.25) is 4.79 Å². The largest absolute Gasteiger partial charge is 0.481 e. The molecule has 0 bridgehead atoms. The van der Waals surface area contributed by atoms with Gasteiger partial charge >= 0.3 is 10.2 Å². The zero-order valence-electron chi connectivity index (χ0n) is 10.2. The van der Waals surface area contributed by atoms with Crippen molar-refractivity contribution in [2.24, 2.45) is 0 Å². The lowest BCUT2D eigenvalue weighted by Crippen LogP contribution is -2.27. The van der Waals surface area contributed by atoms with E-state index in [1.807, 2.05) is 0 Å². The Balaban J connectivity index is 2.14. The van der Waals surface area contributed by atoms with Crippen LogP contribution >= 0.6 is 0 Å². The summed E-state index contributed by atoms with van der Waals surface area (Å²) in [5, 5.41) is -1.28. The van der Waals surface area contributed by atoms with Gasteiger partial charge in [0.2, 0.25) is 11.8 Å². The van der Waals surface area contributed by atoms with Crippen LogP contribution in [0.25, 0.3) is 0 Å². The Hall–Kier alpha value is -1.70. The molecule has 1 aliphatic heterocycles. The van der Waals surface area contributed by atoms with Crippen LogP contribution in [-0.2, 0) is 21.6 Å². The van der Waals surface area contributed by atoms with Crippen LogP contribution < -0.4 is 4.74 Å². The highest BCUT2D eigenvalue weighted by molar-refractivity contribution is 7.87. The Morgan fingerprint density at radius 3 is 2.89 bits per heavy atom. The molecule has 1 amide bonds. The maximum atomic E-state index is 12.9. The fourth-order valence-electron chi connectivity index (χ4n) is 2.01. The number of hydrogen-bond acceptors (Lipinski definition) is 5. The standard InChI is InChI=1S/C11H13FN2O4S/c1-18-11-8(3-2-4-13-11)6-14-7-9(5-10(14)15)19(12,16)17/h2-4,9H,5-7H2,1H3. The van der Waals surface area contributed by atoms with Gasteiger partial charge in [0, 0.05) is 24.7 Å². The van der Waals surface area contributed by atoms with Gasteiger partial charge in [-0.1, -0.05) is 6.07 Å². The smallest absolute Gasteiger partial charge is 0.307 e. The molecule has 1 atom stereocenters. The number of carbonyl (C=O) groups is 1. The lowest BCUT2D eigenvalue weighted by Gasteiger charge is -2.17. The van der Waals surface area contributed by atoms with Crippen molar-refractivity contribution in [2.75, 3.05) is 13.7 Å². The molecule has 104 valence electrons. The first-order valence-electron chi connectivity index (χ1n) is 5.61. The molecule has 0 N–H and O–H groups in total. The molecule has 2 heterocycles. The molecule has 1 fully saturated rings. The molecular weight excluding hydrogens is 275 g/mol. The summed E-state index contributed by atoms with van der Waals surface area (Å²) in [5.41, 5.74) is 0.648. The van der Waals surface area contributed by atoms with Crippen molar-refractivity contribution >= 4 is 16.1 Å². The summed E-state index contributed by atoms with van der Waals surface area (Å²) in [4.78, 5) is 16.9. The number of aromatic nitrogens is 1. The first kappa shape index (κ1) is 13.7. The van der Waals surface area contributed by atoms with E-state index in [-0.39, 0.29) is 19.5 Å². The van der Waals surface area contributed by atoms with Crippen LogP contribution in [0, 0.1) is 0 Å². The van der Waals surface area contributed by atoms with Crippen LogP contribution in [0.15, 0.2) is 18.3 Å². The van der Waals surface area contributed by atoms with Gasteiger partial charge in [-0.15, -0.1) is 3.89 Å². The van der Waals surface area contributed by atoms with Gasteiger partial charge < -0.3 is 9.64 Å². The molecule has 0 radical (unpaired) electrons. The monoisotopic (exact) mass is 288 g/mol. The first-order chi connectivity index (χ1) is 8.91. The highest BCUT2D eigenvalue weighted by Gasteiger charge is 2.38. The third kappa shape index (κ3) is 3.01. The summed E-state index contributed by atoms with van der Waals surface area (Å²) < 4.78 is 39.6. The summed E-state index contributed by atoms with van der Waals surface area (Å²) in [5.74, 6) is -0.0287. The number of carbonyl (C=O) groups excluding carboxylic acids is 1. The fourth-order valence-corrected chi connectivity index (χ4v) is 2.71. The highest BCUT2D eigenvalue weighted by atomic mass is 32.3. The molecule has 1 aromatic heterocycles. The summed E-state index contributed by atoms with van der Waals surface area (Å²) in [6, 6.07) is 3.40. The van der Waals surface area contributed by atoms with Crippen molar-refractivity contribution in [3.05, 3.63) is 23.9 Å². The number of likely N-dealkylation sites (tertiary alicyclic amines) is 1. The quantitative estimate of drug-likeness (QED) is 0.754.